The zero-order chi connectivity index (χ0) is 8.41. The van der Waals surface area contributed by atoms with E-state index in [1.807, 2.05) is 6.04 Å². The molecule has 2 nitrogen and oxygen atoms in total. The summed E-state index contributed by atoms with van der Waals surface area (Å²) in [6.45, 7) is 0. The fourth-order valence-electron chi connectivity index (χ4n) is 0.368. The first kappa shape index (κ1) is 14.0. The molecule has 0 saturated carbocycles. The van der Waals surface area contributed by atoms with Gasteiger partial charge in [0.1, 0.15) is 0 Å². The molecule has 0 aromatic carbocycles. The standard InChI is InChI=1S/C4H11O2Si.2ClH.Mg/c1-5-4(3-7)6-2;;;/h3-4H,1-2,7H3;2*1H;/q;;;+2/p-2. The summed E-state index contributed by atoms with van der Waals surface area (Å²) in [5.74, 6) is 0. The molecule has 6 heteroatoms. The van der Waals surface area contributed by atoms with Crippen molar-refractivity contribution in [2.75, 3.05) is 14.2 Å². The van der Waals surface area contributed by atoms with E-state index in [0.29, 0.717) is 0 Å². The van der Waals surface area contributed by atoms with Gasteiger partial charge in [-0.1, -0.05) is 0 Å². The summed E-state index contributed by atoms with van der Waals surface area (Å²) in [6, 6.07) is 1.97. The number of hydrogen-bond acceptors (Lipinski definition) is 2. The molecular formula is C4H11Cl2MgO2Si. The van der Waals surface area contributed by atoms with Gasteiger partial charge in [0.15, 0.2) is 6.29 Å². The van der Waals surface area contributed by atoms with Crippen LogP contribution in [-0.2, 0) is 9.47 Å². The van der Waals surface area contributed by atoms with E-state index >= 15 is 0 Å². The molecule has 0 aliphatic rings. The van der Waals surface area contributed by atoms with Gasteiger partial charge in [-0.05, 0) is 6.04 Å². The molecule has 10 heavy (non-hydrogen) atoms. The van der Waals surface area contributed by atoms with Crippen LogP contribution in [0.5, 0.6) is 0 Å². The van der Waals surface area contributed by atoms with Crippen LogP contribution in [-0.4, -0.2) is 48.9 Å². The maximum atomic E-state index is 4.90. The summed E-state index contributed by atoms with van der Waals surface area (Å²) >= 11 is -0.639. The van der Waals surface area contributed by atoms with Crippen LogP contribution < -0.4 is 0 Å². The van der Waals surface area contributed by atoms with E-state index in [-0.39, 0.29) is 6.29 Å². The number of hydrogen-bond donors (Lipinski definition) is 0. The molecule has 0 aliphatic carbocycles. The van der Waals surface area contributed by atoms with Gasteiger partial charge in [0.05, 0.1) is 0 Å². The molecule has 0 aromatic rings. The smallest absolute Gasteiger partial charge is 0.356 e. The molecule has 0 aromatic heterocycles. The molecular weight excluding hydrogens is 203 g/mol. The minimum absolute atomic E-state index is 0.0772. The summed E-state index contributed by atoms with van der Waals surface area (Å²) in [4.78, 5) is 0. The van der Waals surface area contributed by atoms with Crippen LogP contribution in [0.4, 0.5) is 0 Å². The first-order chi connectivity index (χ1) is 4.76. The second-order valence-corrected chi connectivity index (χ2v) is 4.57. The zero-order valence-corrected chi connectivity index (χ0v) is 11.4. The predicted octanol–water partition coefficient (Wildman–Crippen LogP) is 0.131. The van der Waals surface area contributed by atoms with Gasteiger partial charge in [-0.2, -0.15) is 0 Å². The highest BCUT2D eigenvalue weighted by Gasteiger charge is 1.96. The van der Waals surface area contributed by atoms with Crippen LogP contribution in [0, 0.1) is 6.04 Å². The highest BCUT2D eigenvalue weighted by atomic mass is 35.6. The number of halogens is 2. The third-order valence-corrected chi connectivity index (χ3v) is 1.28. The van der Waals surface area contributed by atoms with Crippen LogP contribution >= 0.6 is 18.1 Å². The van der Waals surface area contributed by atoms with Crippen LogP contribution in [0.3, 0.4) is 0 Å². The number of methoxy groups -OCH3 is 2. The van der Waals surface area contributed by atoms with Crippen molar-refractivity contribution in [3.63, 3.8) is 0 Å². The summed E-state index contributed by atoms with van der Waals surface area (Å²) in [5, 5.41) is 0. The van der Waals surface area contributed by atoms with Crippen molar-refractivity contribution in [3.05, 3.63) is 6.04 Å². The topological polar surface area (TPSA) is 18.5 Å². The van der Waals surface area contributed by atoms with Crippen LogP contribution in [0.2, 0.25) is 0 Å². The van der Waals surface area contributed by atoms with Gasteiger partial charge >= 0.3 is 18.2 Å². The van der Waals surface area contributed by atoms with E-state index in [1.165, 1.54) is 0 Å². The average molecular weight is 214 g/mol. The van der Waals surface area contributed by atoms with Crippen molar-refractivity contribution in [1.29, 1.82) is 0 Å². The van der Waals surface area contributed by atoms with Crippen molar-refractivity contribution in [2.24, 2.45) is 0 Å². The lowest BCUT2D eigenvalue weighted by Gasteiger charge is -2.07. The molecule has 0 bridgehead atoms. The number of ether oxygens (including phenoxy) is 2. The predicted molar refractivity (Wildman–Crippen MR) is 49.5 cm³/mol. The lowest BCUT2D eigenvalue weighted by Crippen LogP contribution is -2.12. The summed E-state index contributed by atoms with van der Waals surface area (Å²) in [7, 11) is 14.1. The van der Waals surface area contributed by atoms with E-state index in [0.717, 1.165) is 10.2 Å². The highest BCUT2D eigenvalue weighted by Crippen LogP contribution is 1.89. The molecule has 0 unspecified atom stereocenters. The monoisotopic (exact) mass is 213 g/mol. The highest BCUT2D eigenvalue weighted by molar-refractivity contribution is 7.22. The average Bonchev–Trinajstić information content (AvgIpc) is 1.93. The second kappa shape index (κ2) is 13.1. The molecule has 0 atom stereocenters. The Labute approximate surface area is 82.2 Å². The Bertz CT molecular complexity index is 51.0. The molecule has 0 N–H and O–H groups in total. The quantitative estimate of drug-likeness (QED) is 0.491. The molecule has 0 aliphatic heterocycles. The Morgan fingerprint density at radius 2 is 1.70 bits per heavy atom. The Balaban J connectivity index is 0. The number of rotatable bonds is 3. The van der Waals surface area contributed by atoms with Crippen LogP contribution in [0.1, 0.15) is 0 Å². The van der Waals surface area contributed by atoms with Gasteiger partial charge in [0.25, 0.3) is 0 Å². The van der Waals surface area contributed by atoms with Gasteiger partial charge < -0.3 is 27.6 Å². The first-order valence-electron chi connectivity index (χ1n) is 2.73. The largest absolute Gasteiger partial charge is 0.618 e. The Morgan fingerprint density at radius 3 is 1.70 bits per heavy atom. The molecule has 0 amide bonds. The molecule has 0 rings (SSSR count). The molecule has 59 valence electrons. The molecule has 0 heterocycles. The Hall–Kier alpha value is 1.48. The second-order valence-electron chi connectivity index (χ2n) is 1.27. The van der Waals surface area contributed by atoms with E-state index in [4.69, 9.17) is 27.6 Å². The lowest BCUT2D eigenvalue weighted by atomic mass is 10.7. The normalized spacial score (nSPS) is 8.50. The van der Waals surface area contributed by atoms with Crippen molar-refractivity contribution < 1.29 is 9.47 Å². The van der Waals surface area contributed by atoms with Crippen molar-refractivity contribution in [1.82, 2.24) is 0 Å². The molecule has 0 fully saturated rings. The van der Waals surface area contributed by atoms with Gasteiger partial charge in [0.2, 0.25) is 0 Å². The zero-order valence-electron chi connectivity index (χ0n) is 6.43. The van der Waals surface area contributed by atoms with Crippen molar-refractivity contribution >= 4 is 46.5 Å². The third kappa shape index (κ3) is 12.2. The van der Waals surface area contributed by atoms with Gasteiger partial charge in [-0.3, -0.25) is 0 Å². The fourth-order valence-corrected chi connectivity index (χ4v) is 0.913. The fraction of sp³-hybridized carbons (Fsp3) is 0.750. The van der Waals surface area contributed by atoms with Crippen molar-refractivity contribution in [3.8, 4) is 0 Å². The van der Waals surface area contributed by atoms with Gasteiger partial charge in [-0.15, -0.1) is 0 Å². The minimum Gasteiger partial charge on any atom is -0.356 e. The van der Waals surface area contributed by atoms with E-state index < -0.39 is 18.2 Å². The minimum atomic E-state index is -0.639. The maximum Gasteiger partial charge on any atom is 0.618 e. The summed E-state index contributed by atoms with van der Waals surface area (Å²) < 4.78 is 9.61. The molecule has 1 radical (unpaired) electrons. The SMILES string of the molecule is COC([CH][SiH3])OC.[Cl][Mg][Cl]. The van der Waals surface area contributed by atoms with Crippen LogP contribution in [0.25, 0.3) is 0 Å². The first-order valence-corrected chi connectivity index (χ1v) is 8.16. The van der Waals surface area contributed by atoms with Crippen LogP contribution in [0.15, 0.2) is 0 Å². The summed E-state index contributed by atoms with van der Waals surface area (Å²) in [5.41, 5.74) is 0. The summed E-state index contributed by atoms with van der Waals surface area (Å²) in [6.07, 6.45) is -0.0772. The van der Waals surface area contributed by atoms with Gasteiger partial charge in [0, 0.05) is 24.5 Å². The lowest BCUT2D eigenvalue weighted by molar-refractivity contribution is -0.0724. The third-order valence-electron chi connectivity index (χ3n) is 0.737. The maximum absolute atomic E-state index is 4.90. The van der Waals surface area contributed by atoms with Crippen molar-refractivity contribution in [2.45, 2.75) is 6.29 Å². The van der Waals surface area contributed by atoms with E-state index in [1.54, 1.807) is 14.2 Å². The molecule has 0 spiro atoms. The Morgan fingerprint density at radius 1 is 1.40 bits per heavy atom. The Kier molecular flexibility index (Phi) is 18.4. The van der Waals surface area contributed by atoms with Gasteiger partial charge in [-0.25, -0.2) is 0 Å². The molecule has 0 saturated heterocycles. The van der Waals surface area contributed by atoms with E-state index in [2.05, 4.69) is 0 Å². The van der Waals surface area contributed by atoms with E-state index in [9.17, 15) is 0 Å².